The number of para-hydroxylation sites is 4. The molecule has 0 saturated heterocycles. The van der Waals surface area contributed by atoms with E-state index in [4.69, 9.17) is 9.97 Å². The van der Waals surface area contributed by atoms with Crippen molar-refractivity contribution in [2.75, 3.05) is 9.80 Å². The van der Waals surface area contributed by atoms with E-state index in [0.717, 1.165) is 45.0 Å². The molecule has 3 heterocycles. The molecule has 0 aliphatic carbocycles. The zero-order valence-corrected chi connectivity index (χ0v) is 23.9. The summed E-state index contributed by atoms with van der Waals surface area (Å²) in [6, 6.07) is 37.3. The second kappa shape index (κ2) is 9.03. The van der Waals surface area contributed by atoms with Crippen molar-refractivity contribution in [3.8, 4) is 12.1 Å². The van der Waals surface area contributed by atoms with Gasteiger partial charge >= 0.3 is 0 Å². The van der Waals surface area contributed by atoms with E-state index >= 15 is 0 Å². The fraction of sp³-hybridized carbons (Fsp3) is 0.167. The summed E-state index contributed by atoms with van der Waals surface area (Å²) < 4.78 is 0. The Labute approximate surface area is 245 Å². The number of aromatic nitrogens is 2. The lowest BCUT2D eigenvalue weighted by Crippen LogP contribution is -2.33. The maximum atomic E-state index is 10.5. The molecule has 0 amide bonds. The largest absolute Gasteiger partial charge is 0.292 e. The van der Waals surface area contributed by atoms with Crippen LogP contribution in [0.4, 0.5) is 34.4 Å². The summed E-state index contributed by atoms with van der Waals surface area (Å²) >= 11 is 0. The Hall–Kier alpha value is -5.46. The molecule has 0 atom stereocenters. The maximum Gasteiger partial charge on any atom is 0.186 e. The summed E-state index contributed by atoms with van der Waals surface area (Å²) in [5.74, 6) is 0.680. The van der Waals surface area contributed by atoms with E-state index in [1.807, 2.05) is 82.6 Å². The van der Waals surface area contributed by atoms with Crippen molar-refractivity contribution in [1.29, 1.82) is 10.5 Å². The first-order valence-corrected chi connectivity index (χ1v) is 14.0. The molecule has 202 valence electrons. The van der Waals surface area contributed by atoms with Crippen LogP contribution in [0.25, 0.3) is 0 Å². The highest BCUT2D eigenvalue weighted by Gasteiger charge is 2.40. The van der Waals surface area contributed by atoms with Crippen molar-refractivity contribution in [1.82, 2.24) is 9.97 Å². The summed E-state index contributed by atoms with van der Waals surface area (Å²) in [5.41, 5.74) is 7.86. The summed E-state index contributed by atoms with van der Waals surface area (Å²) in [6.45, 7) is 8.82. The lowest BCUT2D eigenvalue weighted by atomic mass is 9.73. The average Bonchev–Trinajstić information content (AvgIpc) is 3.01. The molecule has 2 aliphatic heterocycles. The summed E-state index contributed by atoms with van der Waals surface area (Å²) in [4.78, 5) is 13.8. The molecule has 0 fully saturated rings. The summed E-state index contributed by atoms with van der Waals surface area (Å²) in [7, 11) is 0. The predicted octanol–water partition coefficient (Wildman–Crippen LogP) is 8.44. The minimum atomic E-state index is -0.268. The van der Waals surface area contributed by atoms with Crippen molar-refractivity contribution < 1.29 is 0 Å². The van der Waals surface area contributed by atoms with Crippen molar-refractivity contribution in [3.63, 3.8) is 0 Å². The third kappa shape index (κ3) is 3.42. The smallest absolute Gasteiger partial charge is 0.186 e. The minimum absolute atomic E-state index is 0.146. The molecule has 2 aliphatic rings. The molecule has 0 N–H and O–H groups in total. The molecule has 0 radical (unpaired) electrons. The number of fused-ring (bicyclic) bond motifs is 4. The molecule has 42 heavy (non-hydrogen) atoms. The number of rotatable bonds is 2. The number of nitriles is 2. The normalized spacial score (nSPS) is 15.4. The van der Waals surface area contributed by atoms with E-state index in [1.54, 1.807) is 0 Å². The van der Waals surface area contributed by atoms with Gasteiger partial charge in [-0.1, -0.05) is 100 Å². The fourth-order valence-electron chi connectivity index (χ4n) is 6.67. The molecule has 0 unspecified atom stereocenters. The van der Waals surface area contributed by atoms with Gasteiger partial charge in [0.15, 0.2) is 23.0 Å². The van der Waals surface area contributed by atoms with Crippen molar-refractivity contribution in [2.24, 2.45) is 0 Å². The zero-order chi connectivity index (χ0) is 29.2. The van der Waals surface area contributed by atoms with Crippen LogP contribution in [-0.2, 0) is 10.8 Å². The van der Waals surface area contributed by atoms with E-state index < -0.39 is 0 Å². The molecule has 4 aromatic carbocycles. The highest BCUT2D eigenvalue weighted by molar-refractivity contribution is 5.89. The third-order valence-electron chi connectivity index (χ3n) is 8.77. The molecule has 5 aromatic rings. The molecule has 6 heteroatoms. The first-order chi connectivity index (χ1) is 20.3. The predicted molar refractivity (Wildman–Crippen MR) is 165 cm³/mol. The van der Waals surface area contributed by atoms with Crippen LogP contribution in [0.5, 0.6) is 0 Å². The number of nitrogens with zero attached hydrogens (tertiary/aromatic N) is 6. The van der Waals surface area contributed by atoms with Crippen LogP contribution in [0.1, 0.15) is 61.3 Å². The topological polar surface area (TPSA) is 79.8 Å². The number of hydrogen-bond acceptors (Lipinski definition) is 6. The molecule has 0 saturated carbocycles. The Morgan fingerprint density at radius 3 is 1.00 bits per heavy atom. The van der Waals surface area contributed by atoms with Crippen LogP contribution >= 0.6 is 0 Å². The fourth-order valence-corrected chi connectivity index (χ4v) is 6.67. The van der Waals surface area contributed by atoms with Crippen molar-refractivity contribution >= 4 is 34.4 Å². The first kappa shape index (κ1) is 25.5. The molecule has 0 bridgehead atoms. The Balaban J connectivity index is 1.50. The SMILES string of the molecule is CC1(C)c2ccccc2N(c2nc(C#N)c(N3c4ccccc4C(C)(C)c4ccccc43)nc2C#N)c2ccccc21. The van der Waals surface area contributed by atoms with E-state index in [0.29, 0.717) is 11.6 Å². The quantitative estimate of drug-likeness (QED) is 0.222. The minimum Gasteiger partial charge on any atom is -0.292 e. The van der Waals surface area contributed by atoms with Gasteiger partial charge in [-0.15, -0.1) is 0 Å². The average molecular weight is 545 g/mol. The number of anilines is 6. The van der Waals surface area contributed by atoms with Crippen LogP contribution in [0, 0.1) is 22.7 Å². The molecule has 0 spiro atoms. The van der Waals surface area contributed by atoms with Gasteiger partial charge in [0.2, 0.25) is 0 Å². The number of benzene rings is 4. The van der Waals surface area contributed by atoms with E-state index in [1.165, 1.54) is 0 Å². The molecular formula is C36H28N6. The van der Waals surface area contributed by atoms with E-state index in [-0.39, 0.29) is 22.2 Å². The van der Waals surface area contributed by atoms with Gasteiger partial charge in [0.05, 0.1) is 22.7 Å². The van der Waals surface area contributed by atoms with E-state index in [2.05, 4.69) is 64.1 Å². The van der Waals surface area contributed by atoms with Gasteiger partial charge in [-0.25, -0.2) is 9.97 Å². The monoisotopic (exact) mass is 544 g/mol. The maximum absolute atomic E-state index is 10.5. The Morgan fingerprint density at radius 2 is 0.738 bits per heavy atom. The first-order valence-electron chi connectivity index (χ1n) is 14.0. The lowest BCUT2D eigenvalue weighted by molar-refractivity contribution is 0.630. The van der Waals surface area contributed by atoms with Gasteiger partial charge in [0, 0.05) is 10.8 Å². The zero-order valence-electron chi connectivity index (χ0n) is 23.9. The summed E-state index contributed by atoms with van der Waals surface area (Å²) in [6.07, 6.45) is 0. The standard InChI is InChI=1S/C36H28N6/c1-35(2)23-13-5-9-17-29(23)41(30-18-10-6-14-24(30)35)33-27(21-37)40-34(28(22-38)39-33)42-31-19-11-7-15-25(31)36(3,4)26-16-8-12-20-32(26)42/h5-20H,1-4H3. The van der Waals surface area contributed by atoms with Crippen molar-refractivity contribution in [3.05, 3.63) is 131 Å². The Morgan fingerprint density at radius 1 is 0.476 bits per heavy atom. The van der Waals surface area contributed by atoms with Crippen molar-refractivity contribution in [2.45, 2.75) is 38.5 Å². The second-order valence-corrected chi connectivity index (χ2v) is 11.8. The molecular weight excluding hydrogens is 516 g/mol. The molecule has 6 nitrogen and oxygen atoms in total. The lowest BCUT2D eigenvalue weighted by Gasteiger charge is -2.42. The number of hydrogen-bond donors (Lipinski definition) is 0. The highest BCUT2D eigenvalue weighted by Crippen LogP contribution is 2.54. The van der Waals surface area contributed by atoms with Crippen LogP contribution in [0.15, 0.2) is 97.1 Å². The van der Waals surface area contributed by atoms with E-state index in [9.17, 15) is 10.5 Å². The Kier molecular flexibility index (Phi) is 5.48. The van der Waals surface area contributed by atoms with Crippen LogP contribution in [-0.4, -0.2) is 9.97 Å². The van der Waals surface area contributed by atoms with Crippen LogP contribution in [0.3, 0.4) is 0 Å². The van der Waals surface area contributed by atoms with Crippen LogP contribution < -0.4 is 9.80 Å². The van der Waals surface area contributed by atoms with Crippen LogP contribution in [0.2, 0.25) is 0 Å². The third-order valence-corrected chi connectivity index (χ3v) is 8.77. The second-order valence-electron chi connectivity index (χ2n) is 11.8. The van der Waals surface area contributed by atoms with Gasteiger partial charge in [0.1, 0.15) is 12.1 Å². The molecule has 7 rings (SSSR count). The molecule has 1 aromatic heterocycles. The summed E-state index contributed by atoms with van der Waals surface area (Å²) in [5, 5.41) is 21.1. The van der Waals surface area contributed by atoms with Gasteiger partial charge in [0.25, 0.3) is 0 Å². The van der Waals surface area contributed by atoms with Gasteiger partial charge in [-0.2, -0.15) is 10.5 Å². The van der Waals surface area contributed by atoms with Gasteiger partial charge < -0.3 is 0 Å². The highest BCUT2D eigenvalue weighted by atomic mass is 15.3. The van der Waals surface area contributed by atoms with Gasteiger partial charge in [-0.3, -0.25) is 9.80 Å². The Bertz CT molecular complexity index is 1750. The van der Waals surface area contributed by atoms with Gasteiger partial charge in [-0.05, 0) is 46.5 Å².